The van der Waals surface area contributed by atoms with Crippen LogP contribution in [0.15, 0.2) is 113 Å². The van der Waals surface area contributed by atoms with Crippen LogP contribution in [-0.2, 0) is 41.9 Å². The molecule has 0 saturated carbocycles. The summed E-state index contributed by atoms with van der Waals surface area (Å²) < 4.78 is 35.7. The Morgan fingerprint density at radius 3 is 2.06 bits per heavy atom. The molecular formula is C49H59N7O10S. The van der Waals surface area contributed by atoms with E-state index in [1.165, 1.54) is 53.5 Å². The number of rotatable bonds is 17. The third kappa shape index (κ3) is 11.9. The van der Waals surface area contributed by atoms with Crippen LogP contribution in [0, 0.1) is 13.8 Å². The van der Waals surface area contributed by atoms with E-state index in [-0.39, 0.29) is 61.5 Å². The molecule has 0 aliphatic carbocycles. The number of nitrogens with one attached hydrogen (secondary N) is 3. The number of hydrogen-bond donors (Lipinski definition) is 7. The number of ether oxygens (including phenoxy) is 1. The number of benzene rings is 4. The normalized spacial score (nSPS) is 18.5. The second-order valence-corrected chi connectivity index (χ2v) is 20.0. The minimum absolute atomic E-state index is 0.0167. The average Bonchev–Trinajstić information content (AvgIpc) is 3.63. The van der Waals surface area contributed by atoms with Crippen LogP contribution in [0.25, 0.3) is 0 Å². The summed E-state index contributed by atoms with van der Waals surface area (Å²) in [6.45, 7) is 8.97. The first-order valence-corrected chi connectivity index (χ1v) is 23.5. The molecule has 4 aromatic carbocycles. The predicted molar refractivity (Wildman–Crippen MR) is 249 cm³/mol. The molecule has 18 heteroatoms. The van der Waals surface area contributed by atoms with Gasteiger partial charge in [0, 0.05) is 25.2 Å². The van der Waals surface area contributed by atoms with Gasteiger partial charge in [0.05, 0.1) is 17.0 Å². The van der Waals surface area contributed by atoms with E-state index >= 15 is 18.0 Å². The number of carbonyl (C=O) groups excluding carboxylic acids is 5. The molecule has 0 aromatic heterocycles. The monoisotopic (exact) mass is 937 g/mol. The van der Waals surface area contributed by atoms with Crippen LogP contribution in [0.2, 0.25) is 0 Å². The number of alkyl carbamates (subject to hydrolysis) is 1. The molecule has 67 heavy (non-hydrogen) atoms. The summed E-state index contributed by atoms with van der Waals surface area (Å²) in [4.78, 5) is 67.4. The minimum Gasteiger partial charge on any atom is -0.508 e. The fourth-order valence-electron chi connectivity index (χ4n) is 8.04. The zero-order valence-electron chi connectivity index (χ0n) is 38.2. The number of phenolic OH excluding ortho intramolecular Hbond substituents is 1. The van der Waals surface area contributed by atoms with E-state index in [4.69, 9.17) is 16.2 Å². The van der Waals surface area contributed by atoms with Crippen LogP contribution in [0.4, 0.5) is 4.79 Å². The number of carbonyl (C=O) groups is 5. The highest BCUT2D eigenvalue weighted by atomic mass is 32.2. The largest absolute Gasteiger partial charge is 0.508 e. The maximum Gasteiger partial charge on any atom is 0.407 e. The van der Waals surface area contributed by atoms with Gasteiger partial charge < -0.3 is 42.4 Å². The van der Waals surface area contributed by atoms with Crippen molar-refractivity contribution in [1.82, 2.24) is 26.0 Å². The number of aliphatic hydroxyl groups excluding tert-OH is 1. The molecular weight excluding hydrogens is 879 g/mol. The summed E-state index contributed by atoms with van der Waals surface area (Å²) >= 11 is 0. The number of aromatic hydroxyl groups is 1. The Morgan fingerprint density at radius 1 is 0.866 bits per heavy atom. The number of sulfone groups is 1. The van der Waals surface area contributed by atoms with Crippen molar-refractivity contribution in [3.8, 4) is 5.75 Å². The number of amides is 5. The van der Waals surface area contributed by atoms with Crippen molar-refractivity contribution in [2.75, 3.05) is 13.1 Å². The average molecular weight is 938 g/mol. The molecule has 17 nitrogen and oxygen atoms in total. The van der Waals surface area contributed by atoms with Crippen molar-refractivity contribution < 1.29 is 47.3 Å². The molecule has 9 N–H and O–H groups in total. The highest BCUT2D eigenvalue weighted by Gasteiger charge is 2.57. The zero-order valence-corrected chi connectivity index (χ0v) is 39.1. The Bertz CT molecular complexity index is 2610. The molecule has 2 aliphatic rings. The topological polar surface area (TPSA) is 264 Å². The first-order chi connectivity index (χ1) is 31.6. The SMILES string of the molecule is Cc1ccc(CC2(N)CCN3C(c4ccc(O)cc4)C(S(=O)(=O)c4ccc(C)cc4)=C(C(=O)N[C@@H](CCCCNC(=O)OC(C)(C)C)C(O)C(=O)NCc4ccc(C(N)=O)cc4)N3C2=O)cc1. The van der Waals surface area contributed by atoms with Gasteiger partial charge in [-0.3, -0.25) is 19.2 Å². The number of nitrogens with zero attached hydrogens (tertiary/aromatic N) is 2. The van der Waals surface area contributed by atoms with E-state index in [1.807, 2.05) is 31.2 Å². The summed E-state index contributed by atoms with van der Waals surface area (Å²) in [6.07, 6.45) is -1.93. The summed E-state index contributed by atoms with van der Waals surface area (Å²) in [7, 11) is -4.65. The lowest BCUT2D eigenvalue weighted by Crippen LogP contribution is -2.65. The molecule has 1 saturated heterocycles. The molecule has 0 spiro atoms. The number of unbranched alkanes of at least 4 members (excludes halogenated alkanes) is 1. The Labute approximate surface area is 390 Å². The molecule has 1 fully saturated rings. The van der Waals surface area contributed by atoms with Gasteiger partial charge in [-0.25, -0.2) is 23.2 Å². The van der Waals surface area contributed by atoms with Crippen molar-refractivity contribution in [3.63, 3.8) is 0 Å². The highest BCUT2D eigenvalue weighted by Crippen LogP contribution is 2.48. The van der Waals surface area contributed by atoms with E-state index in [1.54, 1.807) is 52.0 Å². The lowest BCUT2D eigenvalue weighted by Gasteiger charge is -2.45. The molecule has 0 radical (unpaired) electrons. The molecule has 6 rings (SSSR count). The van der Waals surface area contributed by atoms with Crippen molar-refractivity contribution in [3.05, 3.63) is 141 Å². The Kier molecular flexibility index (Phi) is 15.2. The first kappa shape index (κ1) is 49.8. The van der Waals surface area contributed by atoms with Crippen LogP contribution >= 0.6 is 0 Å². The quantitative estimate of drug-likeness (QED) is 0.0739. The van der Waals surface area contributed by atoms with E-state index in [9.17, 15) is 24.6 Å². The van der Waals surface area contributed by atoms with Gasteiger partial charge in [0.1, 0.15) is 27.5 Å². The molecule has 2 heterocycles. The summed E-state index contributed by atoms with van der Waals surface area (Å²) in [6, 6.07) is 22.7. The third-order valence-electron chi connectivity index (χ3n) is 11.6. The Balaban J connectivity index is 1.41. The number of hydrogen-bond acceptors (Lipinski definition) is 12. The predicted octanol–water partition coefficient (Wildman–Crippen LogP) is 4.09. The van der Waals surface area contributed by atoms with Gasteiger partial charge >= 0.3 is 6.09 Å². The number of phenols is 1. The number of aryl methyl sites for hydroxylation is 2. The lowest BCUT2D eigenvalue weighted by molar-refractivity contribution is -0.160. The Hall–Kier alpha value is -6.60. The van der Waals surface area contributed by atoms with E-state index < -0.39 is 79.5 Å². The van der Waals surface area contributed by atoms with Crippen LogP contribution in [0.5, 0.6) is 5.75 Å². The molecule has 4 atom stereocenters. The molecule has 2 aliphatic heterocycles. The van der Waals surface area contributed by atoms with Gasteiger partial charge in [0.25, 0.3) is 17.7 Å². The van der Waals surface area contributed by atoms with Gasteiger partial charge in [-0.15, -0.1) is 0 Å². The number of primary amides is 1. The van der Waals surface area contributed by atoms with Gasteiger partial charge in [0.15, 0.2) is 6.10 Å². The van der Waals surface area contributed by atoms with Crippen LogP contribution < -0.4 is 27.4 Å². The maximum atomic E-state index is 15.3. The second-order valence-electron chi connectivity index (χ2n) is 18.1. The Morgan fingerprint density at radius 2 is 1.46 bits per heavy atom. The van der Waals surface area contributed by atoms with Crippen molar-refractivity contribution in [2.45, 2.75) is 107 Å². The standard InChI is InChI=1S/C49H59N7O10S/c1-30-9-13-32(14-10-30)28-49(51)25-27-55-39(34-19-21-36(57)22-20-34)42(67(64,65)37-23-11-31(2)12-24-37)40(56(55)46(49)62)44(60)54-38(8-6-7-26-52-47(63)66-48(3,4)5)41(58)45(61)53-29-33-15-17-35(18-16-33)43(50)59/h9-24,38-39,41,57-58H,6-8,25-29,51H2,1-5H3,(H2,50,59)(H,52,63)(H,53,61)(H,54,60)/t38-,39?,41?,49?/m0/s1. The molecule has 4 aromatic rings. The number of nitrogens with two attached hydrogens (primary N) is 2. The number of aliphatic hydroxyl groups is 1. The molecule has 5 amide bonds. The van der Waals surface area contributed by atoms with Crippen LogP contribution in [-0.4, -0.2) is 94.7 Å². The molecule has 0 bridgehead atoms. The first-order valence-electron chi connectivity index (χ1n) is 22.0. The number of fused-ring (bicyclic) bond motifs is 1. The zero-order chi connectivity index (χ0) is 48.8. The number of hydrazine groups is 1. The molecule has 3 unspecified atom stereocenters. The summed E-state index contributed by atoms with van der Waals surface area (Å²) in [5.41, 5.74) is 13.1. The maximum absolute atomic E-state index is 15.3. The van der Waals surface area contributed by atoms with Gasteiger partial charge in [-0.2, -0.15) is 0 Å². The second kappa shape index (κ2) is 20.5. The van der Waals surface area contributed by atoms with E-state index in [2.05, 4.69) is 16.0 Å². The van der Waals surface area contributed by atoms with Crippen LogP contribution in [0.1, 0.15) is 90.7 Å². The highest BCUT2D eigenvalue weighted by molar-refractivity contribution is 7.95. The van der Waals surface area contributed by atoms with Crippen LogP contribution in [0.3, 0.4) is 0 Å². The fourth-order valence-corrected chi connectivity index (χ4v) is 9.77. The lowest BCUT2D eigenvalue weighted by atomic mass is 9.85. The molecule has 356 valence electrons. The smallest absolute Gasteiger partial charge is 0.407 e. The van der Waals surface area contributed by atoms with E-state index in [0.29, 0.717) is 17.5 Å². The van der Waals surface area contributed by atoms with Gasteiger partial charge in [-0.05, 0) is 120 Å². The van der Waals surface area contributed by atoms with Crippen molar-refractivity contribution in [2.24, 2.45) is 11.5 Å². The van der Waals surface area contributed by atoms with E-state index in [0.717, 1.165) is 21.7 Å². The minimum atomic E-state index is -4.65. The summed E-state index contributed by atoms with van der Waals surface area (Å²) in [5.74, 6) is -3.47. The van der Waals surface area contributed by atoms with Gasteiger partial charge in [0.2, 0.25) is 15.7 Å². The van der Waals surface area contributed by atoms with Gasteiger partial charge in [-0.1, -0.05) is 71.8 Å². The fraction of sp³-hybridized carbons (Fsp3) is 0.367. The van der Waals surface area contributed by atoms with Crippen molar-refractivity contribution in [1.29, 1.82) is 0 Å². The summed E-state index contributed by atoms with van der Waals surface area (Å²) in [5, 5.41) is 32.6. The third-order valence-corrected chi connectivity index (χ3v) is 13.5. The van der Waals surface area contributed by atoms with Crippen molar-refractivity contribution >= 4 is 39.6 Å².